The van der Waals surface area contributed by atoms with E-state index in [1.165, 1.54) is 24.0 Å². The van der Waals surface area contributed by atoms with E-state index >= 15 is 0 Å². The van der Waals surface area contributed by atoms with E-state index in [-0.39, 0.29) is 0 Å². The molecule has 0 unspecified atom stereocenters. The Morgan fingerprint density at radius 1 is 1.21 bits per heavy atom. The van der Waals surface area contributed by atoms with E-state index in [9.17, 15) is 0 Å². The van der Waals surface area contributed by atoms with Crippen LogP contribution in [0.5, 0.6) is 11.5 Å². The number of hydrogen-bond donors (Lipinski definition) is 0. The van der Waals surface area contributed by atoms with Crippen LogP contribution in [0, 0.1) is 0 Å². The molecule has 1 saturated heterocycles. The molecule has 1 aromatic carbocycles. The number of rotatable bonds is 8. The summed E-state index contributed by atoms with van der Waals surface area (Å²) >= 11 is 0. The van der Waals surface area contributed by atoms with Gasteiger partial charge in [0, 0.05) is 37.4 Å². The van der Waals surface area contributed by atoms with Gasteiger partial charge in [-0.05, 0) is 49.9 Å². The molecule has 0 bridgehead atoms. The molecule has 1 atom stereocenters. The number of ether oxygens (including phenoxy) is 2. The maximum atomic E-state index is 5.44. The highest BCUT2D eigenvalue weighted by molar-refractivity contribution is 5.47. The summed E-state index contributed by atoms with van der Waals surface area (Å²) in [5.74, 6) is 3.10. The van der Waals surface area contributed by atoms with E-state index in [2.05, 4.69) is 52.8 Å². The number of methoxy groups -OCH3 is 2. The lowest BCUT2D eigenvalue weighted by Crippen LogP contribution is -2.47. The van der Waals surface area contributed by atoms with E-state index in [0.717, 1.165) is 43.4 Å². The van der Waals surface area contributed by atoms with Crippen LogP contribution in [0.1, 0.15) is 43.7 Å². The highest BCUT2D eigenvalue weighted by atomic mass is 16.5. The molecule has 6 nitrogen and oxygen atoms in total. The third-order valence-electron chi connectivity index (χ3n) is 5.86. The average molecular weight is 399 g/mol. The summed E-state index contributed by atoms with van der Waals surface area (Å²) in [7, 11) is 5.59. The zero-order chi connectivity index (χ0) is 20.8. The first-order valence-electron chi connectivity index (χ1n) is 10.5. The highest BCUT2D eigenvalue weighted by Gasteiger charge is 2.26. The summed E-state index contributed by atoms with van der Waals surface area (Å²) in [5.41, 5.74) is 2.50. The van der Waals surface area contributed by atoms with E-state index in [0.29, 0.717) is 12.0 Å². The molecule has 0 N–H and O–H groups in total. The molecule has 0 radical (unpaired) electrons. The molecule has 0 aliphatic carbocycles. The lowest BCUT2D eigenvalue weighted by atomic mass is 10.0. The van der Waals surface area contributed by atoms with Gasteiger partial charge >= 0.3 is 0 Å². The fourth-order valence-corrected chi connectivity index (χ4v) is 4.04. The van der Waals surface area contributed by atoms with Crippen LogP contribution in [0.15, 0.2) is 30.7 Å². The summed E-state index contributed by atoms with van der Waals surface area (Å²) in [5, 5.41) is 0. The normalized spacial score (nSPS) is 17.1. The molecule has 6 heteroatoms. The molecule has 1 aromatic heterocycles. The first kappa shape index (κ1) is 21.4. The van der Waals surface area contributed by atoms with Crippen LogP contribution in [0.3, 0.4) is 0 Å². The Hall–Kier alpha value is -2.34. The largest absolute Gasteiger partial charge is 0.493 e. The van der Waals surface area contributed by atoms with E-state index < -0.39 is 0 Å². The van der Waals surface area contributed by atoms with Crippen molar-refractivity contribution in [2.24, 2.45) is 0 Å². The van der Waals surface area contributed by atoms with Gasteiger partial charge in [-0.25, -0.2) is 9.97 Å². The van der Waals surface area contributed by atoms with Gasteiger partial charge in [-0.1, -0.05) is 19.9 Å². The molecule has 1 fully saturated rings. The minimum Gasteiger partial charge on any atom is -0.493 e. The summed E-state index contributed by atoms with van der Waals surface area (Å²) in [4.78, 5) is 13.8. The Bertz CT molecular complexity index is 796. The number of nitrogens with zero attached hydrogens (tertiary/aromatic N) is 4. The molecule has 1 aliphatic rings. The summed E-state index contributed by atoms with van der Waals surface area (Å²) in [6.45, 7) is 7.50. The second-order valence-electron chi connectivity index (χ2n) is 8.12. The van der Waals surface area contributed by atoms with Gasteiger partial charge in [0.15, 0.2) is 11.5 Å². The molecule has 0 amide bonds. The fraction of sp³-hybridized carbons (Fsp3) is 0.565. The lowest BCUT2D eigenvalue weighted by molar-refractivity contribution is 0.217. The molecule has 29 heavy (non-hydrogen) atoms. The Morgan fingerprint density at radius 3 is 2.72 bits per heavy atom. The molecule has 158 valence electrons. The molecular weight excluding hydrogens is 364 g/mol. The molecule has 2 heterocycles. The van der Waals surface area contributed by atoms with E-state index in [4.69, 9.17) is 9.47 Å². The van der Waals surface area contributed by atoms with Gasteiger partial charge < -0.3 is 19.3 Å². The lowest BCUT2D eigenvalue weighted by Gasteiger charge is -2.39. The molecule has 0 saturated carbocycles. The summed E-state index contributed by atoms with van der Waals surface area (Å²) in [6, 6.07) is 6.71. The van der Waals surface area contributed by atoms with Crippen molar-refractivity contribution >= 4 is 5.82 Å². The SMILES string of the molecule is COc1ccc(CCN(C)[C@@H]2CCCN(c3ncncc3C(C)C)C2)cc1OC. The maximum absolute atomic E-state index is 5.44. The number of hydrogen-bond acceptors (Lipinski definition) is 6. The first-order valence-corrected chi connectivity index (χ1v) is 10.5. The zero-order valence-corrected chi connectivity index (χ0v) is 18.4. The van der Waals surface area contributed by atoms with Crippen molar-refractivity contribution in [3.63, 3.8) is 0 Å². The summed E-state index contributed by atoms with van der Waals surface area (Å²) in [6.07, 6.45) is 7.04. The van der Waals surface area contributed by atoms with E-state index in [1.807, 2.05) is 12.3 Å². The Labute approximate surface area is 174 Å². The predicted molar refractivity (Wildman–Crippen MR) is 117 cm³/mol. The monoisotopic (exact) mass is 398 g/mol. The number of aromatic nitrogens is 2. The van der Waals surface area contributed by atoms with Crippen LogP contribution < -0.4 is 14.4 Å². The molecule has 0 spiro atoms. The number of piperidine rings is 1. The maximum Gasteiger partial charge on any atom is 0.160 e. The fourth-order valence-electron chi connectivity index (χ4n) is 4.04. The highest BCUT2D eigenvalue weighted by Crippen LogP contribution is 2.29. The smallest absolute Gasteiger partial charge is 0.160 e. The van der Waals surface area contributed by atoms with Crippen LogP contribution in [-0.4, -0.2) is 61.8 Å². The van der Waals surface area contributed by atoms with Crippen molar-refractivity contribution in [1.29, 1.82) is 0 Å². The van der Waals surface area contributed by atoms with Gasteiger partial charge in [0.1, 0.15) is 12.1 Å². The third-order valence-corrected chi connectivity index (χ3v) is 5.86. The second-order valence-corrected chi connectivity index (χ2v) is 8.12. The minimum atomic E-state index is 0.425. The third kappa shape index (κ3) is 5.18. The van der Waals surface area contributed by atoms with Crippen molar-refractivity contribution in [1.82, 2.24) is 14.9 Å². The zero-order valence-electron chi connectivity index (χ0n) is 18.4. The van der Waals surface area contributed by atoms with Crippen molar-refractivity contribution in [2.75, 3.05) is 45.8 Å². The quantitative estimate of drug-likeness (QED) is 0.675. The van der Waals surface area contributed by atoms with Crippen LogP contribution in [-0.2, 0) is 6.42 Å². The Kier molecular flexibility index (Phi) is 7.31. The van der Waals surface area contributed by atoms with Crippen LogP contribution in [0.4, 0.5) is 5.82 Å². The van der Waals surface area contributed by atoms with Gasteiger partial charge in [0.25, 0.3) is 0 Å². The van der Waals surface area contributed by atoms with Gasteiger partial charge in [-0.2, -0.15) is 0 Å². The Morgan fingerprint density at radius 2 is 2.00 bits per heavy atom. The number of likely N-dealkylation sites (N-methyl/N-ethyl adjacent to an activating group) is 1. The molecule has 2 aromatic rings. The van der Waals surface area contributed by atoms with Crippen molar-refractivity contribution in [3.05, 3.63) is 41.9 Å². The number of anilines is 1. The minimum absolute atomic E-state index is 0.425. The van der Waals surface area contributed by atoms with E-state index in [1.54, 1.807) is 20.5 Å². The Balaban J connectivity index is 1.62. The van der Waals surface area contributed by atoms with Gasteiger partial charge in [-0.3, -0.25) is 0 Å². The average Bonchev–Trinajstić information content (AvgIpc) is 2.77. The molecular formula is C23H34N4O2. The van der Waals surface area contributed by atoms with Gasteiger partial charge in [0.05, 0.1) is 14.2 Å². The van der Waals surface area contributed by atoms with Crippen molar-refractivity contribution in [3.8, 4) is 11.5 Å². The number of benzene rings is 1. The van der Waals surface area contributed by atoms with Crippen molar-refractivity contribution in [2.45, 2.75) is 45.1 Å². The standard InChI is InChI=1S/C23H34N4O2/c1-17(2)20-14-24-16-25-23(20)27-11-6-7-19(15-27)26(3)12-10-18-8-9-21(28-4)22(13-18)29-5/h8-9,13-14,16-17,19H,6-7,10-12,15H2,1-5H3/t19-/m1/s1. The second kappa shape index (κ2) is 9.92. The van der Waals surface area contributed by atoms with Crippen molar-refractivity contribution < 1.29 is 9.47 Å². The first-order chi connectivity index (χ1) is 14.0. The van der Waals surface area contributed by atoms with Crippen LogP contribution in [0.25, 0.3) is 0 Å². The summed E-state index contributed by atoms with van der Waals surface area (Å²) < 4.78 is 10.8. The van der Waals surface area contributed by atoms with Gasteiger partial charge in [-0.15, -0.1) is 0 Å². The van der Waals surface area contributed by atoms with Crippen LogP contribution in [0.2, 0.25) is 0 Å². The van der Waals surface area contributed by atoms with Gasteiger partial charge in [0.2, 0.25) is 0 Å². The molecule has 3 rings (SSSR count). The van der Waals surface area contributed by atoms with Crippen LogP contribution >= 0.6 is 0 Å². The molecule has 1 aliphatic heterocycles. The predicted octanol–water partition coefficient (Wildman–Crippen LogP) is 3.76. The topological polar surface area (TPSA) is 50.7 Å².